The summed E-state index contributed by atoms with van der Waals surface area (Å²) in [5, 5.41) is 5.30. The van der Waals surface area contributed by atoms with Crippen LogP contribution in [0.2, 0.25) is 5.02 Å². The van der Waals surface area contributed by atoms with Crippen LogP contribution in [0.5, 0.6) is 0 Å². The highest BCUT2D eigenvalue weighted by atomic mass is 35.5. The Bertz CT molecular complexity index is 533. The van der Waals surface area contributed by atoms with Crippen LogP contribution in [0.15, 0.2) is 24.3 Å². The molecule has 7 heteroatoms. The van der Waals surface area contributed by atoms with E-state index in [1.807, 2.05) is 0 Å². The number of hydrogen-bond acceptors (Lipinski definition) is 4. The molecule has 21 heavy (non-hydrogen) atoms. The van der Waals surface area contributed by atoms with Crippen molar-refractivity contribution >= 4 is 29.4 Å². The normalized spacial score (nSPS) is 11.4. The van der Waals surface area contributed by atoms with Crippen LogP contribution < -0.4 is 10.6 Å². The highest BCUT2D eigenvalue weighted by Gasteiger charge is 2.17. The Kier molecular flexibility index (Phi) is 6.68. The molecule has 0 spiro atoms. The van der Waals surface area contributed by atoms with Gasteiger partial charge in [-0.3, -0.25) is 9.59 Å². The SMILES string of the molecule is CCOC(=O)C(C)NC(=O)CNC(=O)c1cccc(Cl)c1. The van der Waals surface area contributed by atoms with Gasteiger partial charge in [-0.25, -0.2) is 4.79 Å². The summed E-state index contributed by atoms with van der Waals surface area (Å²) >= 11 is 5.77. The van der Waals surface area contributed by atoms with Crippen molar-refractivity contribution in [3.63, 3.8) is 0 Å². The highest BCUT2D eigenvalue weighted by molar-refractivity contribution is 6.30. The molecule has 6 nitrogen and oxygen atoms in total. The summed E-state index contributed by atoms with van der Waals surface area (Å²) in [5.41, 5.74) is 0.355. The minimum atomic E-state index is -0.763. The van der Waals surface area contributed by atoms with E-state index in [0.29, 0.717) is 10.6 Å². The molecule has 2 N–H and O–H groups in total. The molecule has 0 saturated heterocycles. The van der Waals surface area contributed by atoms with E-state index in [-0.39, 0.29) is 13.2 Å². The largest absolute Gasteiger partial charge is 0.464 e. The maximum Gasteiger partial charge on any atom is 0.328 e. The molecular weight excluding hydrogens is 296 g/mol. The lowest BCUT2D eigenvalue weighted by Crippen LogP contribution is -2.44. The molecule has 1 aromatic carbocycles. The molecule has 0 saturated carbocycles. The predicted molar refractivity (Wildman–Crippen MR) is 78.0 cm³/mol. The van der Waals surface area contributed by atoms with E-state index in [4.69, 9.17) is 16.3 Å². The highest BCUT2D eigenvalue weighted by Crippen LogP contribution is 2.10. The van der Waals surface area contributed by atoms with Crippen LogP contribution in [0.1, 0.15) is 24.2 Å². The molecule has 1 rings (SSSR count). The lowest BCUT2D eigenvalue weighted by molar-refractivity contribution is -0.146. The maximum atomic E-state index is 11.8. The molecule has 0 aliphatic heterocycles. The van der Waals surface area contributed by atoms with Crippen LogP contribution in [0.4, 0.5) is 0 Å². The summed E-state index contributed by atoms with van der Waals surface area (Å²) in [4.78, 5) is 34.7. The Morgan fingerprint density at radius 1 is 1.33 bits per heavy atom. The molecular formula is C14H17ClN2O4. The van der Waals surface area contributed by atoms with E-state index in [1.54, 1.807) is 25.1 Å². The number of benzene rings is 1. The van der Waals surface area contributed by atoms with Crippen LogP contribution in [0, 0.1) is 0 Å². The Morgan fingerprint density at radius 2 is 2.05 bits per heavy atom. The molecule has 1 atom stereocenters. The fourth-order valence-electron chi connectivity index (χ4n) is 1.51. The molecule has 1 unspecified atom stereocenters. The number of amides is 2. The van der Waals surface area contributed by atoms with Gasteiger partial charge in [0, 0.05) is 10.6 Å². The minimum absolute atomic E-state index is 0.241. The standard InChI is InChI=1S/C14H17ClN2O4/c1-3-21-14(20)9(2)17-12(18)8-16-13(19)10-5-4-6-11(15)7-10/h4-7,9H,3,8H2,1-2H3,(H,16,19)(H,17,18). The summed E-state index contributed by atoms with van der Waals surface area (Å²) in [7, 11) is 0. The molecule has 0 bridgehead atoms. The lowest BCUT2D eigenvalue weighted by atomic mass is 10.2. The predicted octanol–water partition coefficient (Wildman–Crippen LogP) is 1.14. The first-order valence-corrected chi connectivity index (χ1v) is 6.81. The number of carbonyl (C=O) groups excluding carboxylic acids is 3. The van der Waals surface area contributed by atoms with Crippen LogP contribution in [-0.4, -0.2) is 37.0 Å². The van der Waals surface area contributed by atoms with Crippen molar-refractivity contribution in [2.45, 2.75) is 19.9 Å². The number of ether oxygens (including phenoxy) is 1. The number of nitrogens with one attached hydrogen (secondary N) is 2. The van der Waals surface area contributed by atoms with E-state index < -0.39 is 23.8 Å². The Hall–Kier alpha value is -2.08. The molecule has 2 amide bonds. The summed E-state index contributed by atoms with van der Waals surface area (Å²) in [5.74, 6) is -1.42. The first-order valence-electron chi connectivity index (χ1n) is 6.43. The van der Waals surface area contributed by atoms with Crippen molar-refractivity contribution in [2.75, 3.05) is 13.2 Å². The van der Waals surface area contributed by atoms with Gasteiger partial charge in [-0.1, -0.05) is 17.7 Å². The van der Waals surface area contributed by atoms with Gasteiger partial charge in [0.15, 0.2) is 0 Å². The third-order valence-corrected chi connectivity index (χ3v) is 2.75. The van der Waals surface area contributed by atoms with Gasteiger partial charge in [-0.2, -0.15) is 0 Å². The molecule has 114 valence electrons. The zero-order chi connectivity index (χ0) is 15.8. The topological polar surface area (TPSA) is 84.5 Å². The number of hydrogen-bond donors (Lipinski definition) is 2. The lowest BCUT2D eigenvalue weighted by Gasteiger charge is -2.13. The number of halogens is 1. The van der Waals surface area contributed by atoms with Gasteiger partial charge in [0.1, 0.15) is 6.04 Å². The van der Waals surface area contributed by atoms with Gasteiger partial charge in [0.25, 0.3) is 5.91 Å². The van der Waals surface area contributed by atoms with E-state index in [9.17, 15) is 14.4 Å². The summed E-state index contributed by atoms with van der Waals surface area (Å²) in [6.07, 6.45) is 0. The van der Waals surface area contributed by atoms with Crippen molar-refractivity contribution < 1.29 is 19.1 Å². The molecule has 0 radical (unpaired) electrons. The van der Waals surface area contributed by atoms with E-state index in [2.05, 4.69) is 10.6 Å². The fourth-order valence-corrected chi connectivity index (χ4v) is 1.70. The second kappa shape index (κ2) is 8.26. The maximum absolute atomic E-state index is 11.8. The van der Waals surface area contributed by atoms with Crippen molar-refractivity contribution in [3.05, 3.63) is 34.9 Å². The summed E-state index contributed by atoms with van der Waals surface area (Å²) in [6, 6.07) is 5.60. The molecule has 0 aliphatic carbocycles. The third kappa shape index (κ3) is 5.83. The summed E-state index contributed by atoms with van der Waals surface area (Å²) in [6.45, 7) is 3.19. The number of rotatable bonds is 6. The van der Waals surface area contributed by atoms with Crippen molar-refractivity contribution in [3.8, 4) is 0 Å². The van der Waals surface area contributed by atoms with E-state index in [1.165, 1.54) is 13.0 Å². The van der Waals surface area contributed by atoms with Gasteiger partial charge >= 0.3 is 5.97 Å². The second-order valence-electron chi connectivity index (χ2n) is 4.23. The van der Waals surface area contributed by atoms with Crippen molar-refractivity contribution in [1.82, 2.24) is 10.6 Å². The molecule has 0 heterocycles. The molecule has 0 aliphatic rings. The van der Waals surface area contributed by atoms with E-state index in [0.717, 1.165) is 0 Å². The van der Waals surface area contributed by atoms with Crippen molar-refractivity contribution in [2.24, 2.45) is 0 Å². The van der Waals surface area contributed by atoms with Gasteiger partial charge in [-0.15, -0.1) is 0 Å². The van der Waals surface area contributed by atoms with Gasteiger partial charge in [0.05, 0.1) is 13.2 Å². The van der Waals surface area contributed by atoms with Gasteiger partial charge in [0.2, 0.25) is 5.91 Å². The first-order chi connectivity index (χ1) is 9.93. The average Bonchev–Trinajstić information content (AvgIpc) is 2.45. The number of esters is 1. The van der Waals surface area contributed by atoms with Gasteiger partial charge in [-0.05, 0) is 32.0 Å². The zero-order valence-corrected chi connectivity index (χ0v) is 12.6. The summed E-state index contributed by atoms with van der Waals surface area (Å²) < 4.78 is 4.76. The molecule has 1 aromatic rings. The Morgan fingerprint density at radius 3 is 2.67 bits per heavy atom. The second-order valence-corrected chi connectivity index (χ2v) is 4.67. The molecule has 0 aromatic heterocycles. The quantitative estimate of drug-likeness (QED) is 0.771. The third-order valence-electron chi connectivity index (χ3n) is 2.51. The van der Waals surface area contributed by atoms with Gasteiger partial charge < -0.3 is 15.4 Å². The number of carbonyl (C=O) groups is 3. The van der Waals surface area contributed by atoms with Crippen LogP contribution in [0.25, 0.3) is 0 Å². The Labute approximate surface area is 127 Å². The van der Waals surface area contributed by atoms with Crippen LogP contribution in [-0.2, 0) is 14.3 Å². The van der Waals surface area contributed by atoms with E-state index >= 15 is 0 Å². The smallest absolute Gasteiger partial charge is 0.328 e. The Balaban J connectivity index is 2.42. The van der Waals surface area contributed by atoms with Crippen LogP contribution in [0.3, 0.4) is 0 Å². The fraction of sp³-hybridized carbons (Fsp3) is 0.357. The van der Waals surface area contributed by atoms with Crippen LogP contribution >= 0.6 is 11.6 Å². The monoisotopic (exact) mass is 312 g/mol. The first kappa shape index (κ1) is 17.0. The molecule has 0 fully saturated rings. The van der Waals surface area contributed by atoms with Crippen molar-refractivity contribution in [1.29, 1.82) is 0 Å². The minimum Gasteiger partial charge on any atom is -0.464 e. The average molecular weight is 313 g/mol. The zero-order valence-electron chi connectivity index (χ0n) is 11.8.